The molecule has 0 bridgehead atoms. The molecule has 0 unspecified atom stereocenters. The van der Waals surface area contributed by atoms with E-state index >= 15 is 0 Å². The highest BCUT2D eigenvalue weighted by Crippen LogP contribution is 2.27. The number of sulfonamides is 1. The fraction of sp³-hybridized carbons (Fsp3) is 0.286. The van der Waals surface area contributed by atoms with Crippen molar-refractivity contribution in [2.24, 2.45) is 0 Å². The Bertz CT molecular complexity index is 1150. The quantitative estimate of drug-likeness (QED) is 0.706. The Hall–Kier alpha value is -2.71. The van der Waals surface area contributed by atoms with Crippen molar-refractivity contribution in [3.05, 3.63) is 65.7 Å². The van der Waals surface area contributed by atoms with Crippen molar-refractivity contribution >= 4 is 26.9 Å². The molecular formula is C21H21FN2O4S. The minimum Gasteiger partial charge on any atom is -0.451 e. The first-order valence-corrected chi connectivity index (χ1v) is 10.9. The molecule has 29 heavy (non-hydrogen) atoms. The maximum Gasteiger partial charge on any atom is 0.289 e. The van der Waals surface area contributed by atoms with E-state index in [4.69, 9.17) is 4.42 Å². The van der Waals surface area contributed by atoms with Gasteiger partial charge in [-0.2, -0.15) is 0 Å². The Morgan fingerprint density at radius 3 is 2.41 bits per heavy atom. The number of halogens is 1. The van der Waals surface area contributed by atoms with Crippen LogP contribution in [0.4, 0.5) is 4.39 Å². The normalized spacial score (nSPS) is 15.7. The topological polar surface area (TPSA) is 79.6 Å². The van der Waals surface area contributed by atoms with Gasteiger partial charge < -0.3 is 9.32 Å². The lowest BCUT2D eigenvalue weighted by Gasteiger charge is -2.31. The van der Waals surface area contributed by atoms with Crippen LogP contribution in [-0.4, -0.2) is 38.4 Å². The zero-order valence-corrected chi connectivity index (χ0v) is 16.7. The molecule has 2 aromatic carbocycles. The molecule has 3 aromatic rings. The monoisotopic (exact) mass is 416 g/mol. The van der Waals surface area contributed by atoms with Crippen LogP contribution >= 0.6 is 0 Å². The Labute approximate surface area is 168 Å². The van der Waals surface area contributed by atoms with Gasteiger partial charge in [-0.05, 0) is 50.1 Å². The van der Waals surface area contributed by atoms with Crippen LogP contribution in [0, 0.1) is 12.7 Å². The van der Waals surface area contributed by atoms with Gasteiger partial charge in [-0.15, -0.1) is 0 Å². The summed E-state index contributed by atoms with van der Waals surface area (Å²) in [5.74, 6) is -0.341. The van der Waals surface area contributed by atoms with Crippen molar-refractivity contribution in [2.45, 2.75) is 30.7 Å². The molecule has 1 saturated heterocycles. The molecule has 6 nitrogen and oxygen atoms in total. The fourth-order valence-electron chi connectivity index (χ4n) is 3.62. The Morgan fingerprint density at radius 1 is 1.10 bits per heavy atom. The van der Waals surface area contributed by atoms with E-state index in [9.17, 15) is 17.6 Å². The third-order valence-corrected chi connectivity index (χ3v) is 6.80. The van der Waals surface area contributed by atoms with Crippen LogP contribution in [0.2, 0.25) is 0 Å². The molecule has 1 fully saturated rings. The van der Waals surface area contributed by atoms with Gasteiger partial charge in [0.25, 0.3) is 5.91 Å². The van der Waals surface area contributed by atoms with Crippen molar-refractivity contribution in [1.29, 1.82) is 0 Å². The summed E-state index contributed by atoms with van der Waals surface area (Å²) < 4.78 is 46.4. The smallest absolute Gasteiger partial charge is 0.289 e. The molecule has 4 rings (SSSR count). The standard InChI is InChI=1S/C21H21FN2O4S/c1-14-18-4-2-3-5-19(18)28-20(14)21(25)24-12-10-16(11-13-24)23-29(26,27)17-8-6-15(22)7-9-17/h2-9,16,23H,10-13H2,1H3. The van der Waals surface area contributed by atoms with E-state index in [1.165, 1.54) is 12.1 Å². The number of nitrogens with zero attached hydrogens (tertiary/aromatic N) is 1. The number of hydrogen-bond acceptors (Lipinski definition) is 4. The molecule has 152 valence electrons. The summed E-state index contributed by atoms with van der Waals surface area (Å²) in [5.41, 5.74) is 1.49. The number of fused-ring (bicyclic) bond motifs is 1. The molecule has 0 aliphatic carbocycles. The zero-order valence-electron chi connectivity index (χ0n) is 15.9. The molecule has 0 atom stereocenters. The minimum atomic E-state index is -3.73. The second-order valence-corrected chi connectivity index (χ2v) is 8.91. The van der Waals surface area contributed by atoms with E-state index in [2.05, 4.69) is 4.72 Å². The van der Waals surface area contributed by atoms with E-state index < -0.39 is 15.8 Å². The predicted molar refractivity (Wildman–Crippen MR) is 107 cm³/mol. The largest absolute Gasteiger partial charge is 0.451 e. The first kappa shape index (κ1) is 19.6. The number of para-hydroxylation sites is 1. The maximum atomic E-state index is 13.0. The number of benzene rings is 2. The highest BCUT2D eigenvalue weighted by atomic mass is 32.2. The van der Waals surface area contributed by atoms with Gasteiger partial charge in [0.05, 0.1) is 4.90 Å². The molecule has 0 spiro atoms. The van der Waals surface area contributed by atoms with Crippen LogP contribution in [0.5, 0.6) is 0 Å². The zero-order chi connectivity index (χ0) is 20.6. The number of carbonyl (C=O) groups excluding carboxylic acids is 1. The van der Waals surface area contributed by atoms with Crippen molar-refractivity contribution in [2.75, 3.05) is 13.1 Å². The third-order valence-electron chi connectivity index (χ3n) is 5.27. The molecule has 0 radical (unpaired) electrons. The van der Waals surface area contributed by atoms with Crippen molar-refractivity contribution in [3.8, 4) is 0 Å². The number of amides is 1. The summed E-state index contributed by atoms with van der Waals surface area (Å²) in [7, 11) is -3.73. The molecule has 8 heteroatoms. The Kier molecular flexibility index (Phi) is 5.14. The lowest BCUT2D eigenvalue weighted by molar-refractivity contribution is 0.0680. The fourth-order valence-corrected chi connectivity index (χ4v) is 4.93. The van der Waals surface area contributed by atoms with Gasteiger partial charge in [0.1, 0.15) is 11.4 Å². The number of rotatable bonds is 4. The summed E-state index contributed by atoms with van der Waals surface area (Å²) in [6, 6.07) is 11.9. The van der Waals surface area contributed by atoms with Gasteiger partial charge in [0.2, 0.25) is 10.0 Å². The summed E-state index contributed by atoms with van der Waals surface area (Å²) in [6.45, 7) is 2.71. The number of aryl methyl sites for hydroxylation is 1. The van der Waals surface area contributed by atoms with E-state index in [-0.39, 0.29) is 16.8 Å². The van der Waals surface area contributed by atoms with Crippen LogP contribution in [-0.2, 0) is 10.0 Å². The van der Waals surface area contributed by atoms with Gasteiger partial charge in [0, 0.05) is 30.1 Å². The van der Waals surface area contributed by atoms with Crippen molar-refractivity contribution < 1.29 is 22.0 Å². The van der Waals surface area contributed by atoms with E-state index in [1.54, 1.807) is 4.90 Å². The molecule has 1 amide bonds. The summed E-state index contributed by atoms with van der Waals surface area (Å²) in [4.78, 5) is 14.6. The first-order valence-electron chi connectivity index (χ1n) is 9.40. The number of carbonyl (C=O) groups is 1. The second-order valence-electron chi connectivity index (χ2n) is 7.19. The third kappa shape index (κ3) is 3.90. The lowest BCUT2D eigenvalue weighted by atomic mass is 10.1. The van der Waals surface area contributed by atoms with Crippen LogP contribution < -0.4 is 4.72 Å². The summed E-state index contributed by atoms with van der Waals surface area (Å²) in [5, 5.41) is 0.915. The molecule has 0 saturated carbocycles. The van der Waals surface area contributed by atoms with Crippen LogP contribution in [0.3, 0.4) is 0 Å². The average Bonchev–Trinajstić information content (AvgIpc) is 3.05. The minimum absolute atomic E-state index is 0.0234. The van der Waals surface area contributed by atoms with Crippen LogP contribution in [0.1, 0.15) is 29.0 Å². The molecule has 1 N–H and O–H groups in total. The second kappa shape index (κ2) is 7.61. The number of furan rings is 1. The molecule has 1 aliphatic heterocycles. The average molecular weight is 416 g/mol. The number of nitrogens with one attached hydrogen (secondary N) is 1. The van der Waals surface area contributed by atoms with Gasteiger partial charge in [-0.3, -0.25) is 4.79 Å². The highest BCUT2D eigenvalue weighted by molar-refractivity contribution is 7.89. The van der Waals surface area contributed by atoms with E-state index in [0.29, 0.717) is 37.3 Å². The summed E-state index contributed by atoms with van der Waals surface area (Å²) in [6.07, 6.45) is 0.983. The Morgan fingerprint density at radius 2 is 1.76 bits per heavy atom. The lowest BCUT2D eigenvalue weighted by Crippen LogP contribution is -2.46. The van der Waals surface area contributed by atoms with Crippen LogP contribution in [0.25, 0.3) is 11.0 Å². The highest BCUT2D eigenvalue weighted by Gasteiger charge is 2.29. The predicted octanol–water partition coefficient (Wildman–Crippen LogP) is 3.46. The SMILES string of the molecule is Cc1c(C(=O)N2CCC(NS(=O)(=O)c3ccc(F)cc3)CC2)oc2ccccc12. The van der Waals surface area contributed by atoms with E-state index in [1.807, 2.05) is 31.2 Å². The van der Waals surface area contributed by atoms with Crippen molar-refractivity contribution in [1.82, 2.24) is 9.62 Å². The molecule has 2 heterocycles. The Balaban J connectivity index is 1.42. The van der Waals surface area contributed by atoms with Gasteiger partial charge in [-0.1, -0.05) is 18.2 Å². The van der Waals surface area contributed by atoms with E-state index in [0.717, 1.165) is 23.1 Å². The van der Waals surface area contributed by atoms with Gasteiger partial charge in [-0.25, -0.2) is 17.5 Å². The summed E-state index contributed by atoms with van der Waals surface area (Å²) >= 11 is 0. The molecule has 1 aliphatic rings. The number of hydrogen-bond donors (Lipinski definition) is 1. The maximum absolute atomic E-state index is 13.0. The van der Waals surface area contributed by atoms with Crippen molar-refractivity contribution in [3.63, 3.8) is 0 Å². The molecule has 1 aromatic heterocycles. The van der Waals surface area contributed by atoms with Gasteiger partial charge >= 0.3 is 0 Å². The molecular weight excluding hydrogens is 395 g/mol. The van der Waals surface area contributed by atoms with Crippen LogP contribution in [0.15, 0.2) is 57.8 Å². The number of piperidine rings is 1. The van der Waals surface area contributed by atoms with Gasteiger partial charge in [0.15, 0.2) is 5.76 Å². The first-order chi connectivity index (χ1) is 13.8. The number of likely N-dealkylation sites (tertiary alicyclic amines) is 1.